The van der Waals surface area contributed by atoms with Crippen LogP contribution in [-0.2, 0) is 20.7 Å². The number of carbonyl (C=O) groups excluding carboxylic acids is 2. The second-order valence-electron chi connectivity index (χ2n) is 6.31. The van der Waals surface area contributed by atoms with Crippen LogP contribution in [0.15, 0.2) is 35.7 Å². The Morgan fingerprint density at radius 3 is 2.65 bits per heavy atom. The quantitative estimate of drug-likeness (QED) is 0.757. The Kier molecular flexibility index (Phi) is 4.32. The Hall–Kier alpha value is -2.54. The molecule has 1 aromatic carbocycles. The van der Waals surface area contributed by atoms with E-state index in [1.54, 1.807) is 29.2 Å². The van der Waals surface area contributed by atoms with Gasteiger partial charge in [-0.3, -0.25) is 4.79 Å². The maximum Gasteiger partial charge on any atom is 0.333 e. The molecule has 0 saturated carbocycles. The van der Waals surface area contributed by atoms with Gasteiger partial charge in [-0.05, 0) is 42.5 Å². The third kappa shape index (κ3) is 2.72. The van der Waals surface area contributed by atoms with Crippen LogP contribution >= 0.6 is 11.3 Å². The molecular formula is C19H19NO5S. The van der Waals surface area contributed by atoms with Gasteiger partial charge >= 0.3 is 5.97 Å². The molecule has 2 aliphatic rings. The van der Waals surface area contributed by atoms with E-state index < -0.39 is 24.2 Å². The van der Waals surface area contributed by atoms with Gasteiger partial charge in [0.2, 0.25) is 6.10 Å². The molecule has 6 nitrogen and oxygen atoms in total. The van der Waals surface area contributed by atoms with E-state index >= 15 is 0 Å². The minimum Gasteiger partial charge on any atom is -0.482 e. The van der Waals surface area contributed by atoms with Crippen molar-refractivity contribution in [3.8, 4) is 11.5 Å². The molecule has 2 aromatic rings. The molecule has 3 heterocycles. The molecule has 0 fully saturated rings. The largest absolute Gasteiger partial charge is 0.482 e. The topological polar surface area (TPSA) is 65.1 Å². The van der Waals surface area contributed by atoms with Crippen molar-refractivity contribution in [3.63, 3.8) is 0 Å². The predicted octanol–water partition coefficient (Wildman–Crippen LogP) is 2.58. The molecule has 0 spiro atoms. The predicted molar refractivity (Wildman–Crippen MR) is 95.4 cm³/mol. The maximum absolute atomic E-state index is 13.3. The summed E-state index contributed by atoms with van der Waals surface area (Å²) in [5.74, 6) is 0.445. The van der Waals surface area contributed by atoms with Crippen LogP contribution in [0.2, 0.25) is 0 Å². The lowest BCUT2D eigenvalue weighted by molar-refractivity contribution is -0.159. The number of hydrogen-bond acceptors (Lipinski definition) is 6. The number of amides is 1. The number of rotatable bonds is 2. The second-order valence-corrected chi connectivity index (χ2v) is 7.32. The number of ether oxygens (including phenoxy) is 3. The molecule has 0 aliphatic carbocycles. The summed E-state index contributed by atoms with van der Waals surface area (Å²) in [5, 5.41) is 1.94. The number of nitrogens with zero attached hydrogens (tertiary/aromatic N) is 1. The standard InChI is InChI=1S/C19H19NO5S/c1-11-17(25-14-6-4-3-5-13(14)24-11)18(21)20-9-7-15-12(8-10-26-15)16(20)19(22)23-2/h3-6,8,10-11,16-17H,7,9H2,1-2H3/t11-,16-,17+/m0/s1. The van der Waals surface area contributed by atoms with Gasteiger partial charge in [0, 0.05) is 11.4 Å². The fraction of sp³-hybridized carbons (Fsp3) is 0.368. The van der Waals surface area contributed by atoms with Gasteiger partial charge in [-0.2, -0.15) is 0 Å². The van der Waals surface area contributed by atoms with Crippen LogP contribution in [-0.4, -0.2) is 42.6 Å². The zero-order valence-electron chi connectivity index (χ0n) is 14.5. The number of carbonyl (C=O) groups is 2. The van der Waals surface area contributed by atoms with E-state index in [-0.39, 0.29) is 5.91 Å². The number of methoxy groups -OCH3 is 1. The van der Waals surface area contributed by atoms with Gasteiger partial charge in [-0.1, -0.05) is 12.1 Å². The van der Waals surface area contributed by atoms with Crippen molar-refractivity contribution in [2.24, 2.45) is 0 Å². The molecule has 0 unspecified atom stereocenters. The van der Waals surface area contributed by atoms with E-state index in [0.717, 1.165) is 10.4 Å². The number of para-hydroxylation sites is 2. The molecule has 0 saturated heterocycles. The van der Waals surface area contributed by atoms with Crippen LogP contribution in [0.25, 0.3) is 0 Å². The van der Waals surface area contributed by atoms with Gasteiger partial charge < -0.3 is 19.1 Å². The van der Waals surface area contributed by atoms with Gasteiger partial charge in [-0.15, -0.1) is 11.3 Å². The Bertz CT molecular complexity index is 848. The summed E-state index contributed by atoms with van der Waals surface area (Å²) in [6.45, 7) is 2.24. The molecule has 2 aliphatic heterocycles. The second kappa shape index (κ2) is 6.64. The van der Waals surface area contributed by atoms with E-state index in [4.69, 9.17) is 14.2 Å². The minimum absolute atomic E-state index is 0.265. The maximum atomic E-state index is 13.3. The van der Waals surface area contributed by atoms with Crippen molar-refractivity contribution in [1.29, 1.82) is 0 Å². The molecule has 3 atom stereocenters. The minimum atomic E-state index is -0.808. The summed E-state index contributed by atoms with van der Waals surface area (Å²) >= 11 is 1.60. The summed E-state index contributed by atoms with van der Waals surface area (Å²) in [5.41, 5.74) is 0.839. The van der Waals surface area contributed by atoms with E-state index in [9.17, 15) is 9.59 Å². The lowest BCUT2D eigenvalue weighted by Gasteiger charge is -2.39. The molecule has 26 heavy (non-hydrogen) atoms. The number of thiophene rings is 1. The lowest BCUT2D eigenvalue weighted by atomic mass is 9.98. The van der Waals surface area contributed by atoms with Crippen LogP contribution in [0.5, 0.6) is 11.5 Å². The van der Waals surface area contributed by atoms with Crippen molar-refractivity contribution in [3.05, 3.63) is 46.2 Å². The number of benzene rings is 1. The van der Waals surface area contributed by atoms with Crippen molar-refractivity contribution in [2.75, 3.05) is 13.7 Å². The van der Waals surface area contributed by atoms with E-state index in [0.29, 0.717) is 24.5 Å². The van der Waals surface area contributed by atoms with Gasteiger partial charge in [0.05, 0.1) is 7.11 Å². The first kappa shape index (κ1) is 16.9. The summed E-state index contributed by atoms with van der Waals surface area (Å²) in [6, 6.07) is 8.41. The summed E-state index contributed by atoms with van der Waals surface area (Å²) < 4.78 is 16.7. The van der Waals surface area contributed by atoms with Crippen LogP contribution in [0.4, 0.5) is 0 Å². The Morgan fingerprint density at radius 2 is 1.92 bits per heavy atom. The molecule has 0 bridgehead atoms. The molecule has 136 valence electrons. The van der Waals surface area contributed by atoms with Crippen molar-refractivity contribution in [1.82, 2.24) is 4.90 Å². The average Bonchev–Trinajstić information content (AvgIpc) is 3.14. The zero-order valence-corrected chi connectivity index (χ0v) is 15.3. The normalized spacial score (nSPS) is 23.9. The summed E-state index contributed by atoms with van der Waals surface area (Å²) in [4.78, 5) is 28.3. The fourth-order valence-corrected chi connectivity index (χ4v) is 4.38. The molecular weight excluding hydrogens is 354 g/mol. The molecule has 0 N–H and O–H groups in total. The summed E-state index contributed by atoms with van der Waals surface area (Å²) in [7, 11) is 1.34. The summed E-state index contributed by atoms with van der Waals surface area (Å²) in [6.07, 6.45) is -0.554. The first-order valence-electron chi connectivity index (χ1n) is 8.47. The van der Waals surface area contributed by atoms with Crippen molar-refractivity contribution >= 4 is 23.2 Å². The molecule has 7 heteroatoms. The molecule has 4 rings (SSSR count). The van der Waals surface area contributed by atoms with E-state index in [1.165, 1.54) is 7.11 Å². The molecule has 1 aromatic heterocycles. The third-order valence-electron chi connectivity index (χ3n) is 4.76. The lowest BCUT2D eigenvalue weighted by Crippen LogP contribution is -2.54. The highest BCUT2D eigenvalue weighted by molar-refractivity contribution is 7.10. The first-order chi connectivity index (χ1) is 12.6. The van der Waals surface area contributed by atoms with Crippen molar-refractivity contribution in [2.45, 2.75) is 31.6 Å². The zero-order chi connectivity index (χ0) is 18.3. The first-order valence-corrected chi connectivity index (χ1v) is 9.35. The Balaban J connectivity index is 1.64. The van der Waals surface area contributed by atoms with Crippen LogP contribution in [0.3, 0.4) is 0 Å². The highest BCUT2D eigenvalue weighted by atomic mass is 32.1. The van der Waals surface area contributed by atoms with E-state index in [1.807, 2.05) is 29.6 Å². The molecule has 1 amide bonds. The SMILES string of the molecule is COC(=O)[C@@H]1c2ccsc2CCN1C(=O)[C@@H]1Oc2ccccc2O[C@H]1C. The fourth-order valence-electron chi connectivity index (χ4n) is 3.47. The number of fused-ring (bicyclic) bond motifs is 2. The Labute approximate surface area is 155 Å². The van der Waals surface area contributed by atoms with Crippen LogP contribution in [0.1, 0.15) is 23.4 Å². The highest BCUT2D eigenvalue weighted by Gasteiger charge is 2.43. The van der Waals surface area contributed by atoms with E-state index in [2.05, 4.69) is 0 Å². The van der Waals surface area contributed by atoms with Gasteiger partial charge in [-0.25, -0.2) is 4.79 Å². The number of esters is 1. The Morgan fingerprint density at radius 1 is 1.19 bits per heavy atom. The molecule has 0 radical (unpaired) electrons. The number of hydrogen-bond donors (Lipinski definition) is 0. The van der Waals surface area contributed by atoms with Crippen molar-refractivity contribution < 1.29 is 23.8 Å². The van der Waals surface area contributed by atoms with Crippen LogP contribution < -0.4 is 9.47 Å². The smallest absolute Gasteiger partial charge is 0.333 e. The van der Waals surface area contributed by atoms with Gasteiger partial charge in [0.25, 0.3) is 5.91 Å². The van der Waals surface area contributed by atoms with Gasteiger partial charge in [0.15, 0.2) is 17.5 Å². The monoisotopic (exact) mass is 373 g/mol. The van der Waals surface area contributed by atoms with Gasteiger partial charge in [0.1, 0.15) is 6.10 Å². The van der Waals surface area contributed by atoms with Crippen LogP contribution in [0, 0.1) is 0 Å². The average molecular weight is 373 g/mol. The highest BCUT2D eigenvalue weighted by Crippen LogP contribution is 2.37. The third-order valence-corrected chi connectivity index (χ3v) is 5.76.